The van der Waals surface area contributed by atoms with Crippen LogP contribution in [-0.4, -0.2) is 16.2 Å². The third-order valence-electron chi connectivity index (χ3n) is 4.43. The van der Waals surface area contributed by atoms with Gasteiger partial charge < -0.3 is 9.26 Å². The molecule has 1 aliphatic rings. The van der Waals surface area contributed by atoms with Crippen molar-refractivity contribution in [3.8, 4) is 28.6 Å². The summed E-state index contributed by atoms with van der Waals surface area (Å²) < 4.78 is 12.6. The van der Waals surface area contributed by atoms with Crippen LogP contribution in [0.3, 0.4) is 0 Å². The molecule has 4 rings (SSSR count). The number of benzene rings is 2. The fourth-order valence-corrected chi connectivity index (χ4v) is 3.48. The summed E-state index contributed by atoms with van der Waals surface area (Å²) in [5.74, 6) is 1.94. The average molecular weight is 411 g/mol. The standard InChI is InChI=1S/C21H19BrN2O2/c1-14-6-8-16(9-7-14)21-23-20(24-26-21)15-10-12-17(13-11-15)25-19-5-3-2-4-18(19)22/h4,6-13,19H,2-3,5H2,1H3. The molecule has 1 aromatic heterocycles. The molecule has 0 N–H and O–H groups in total. The molecule has 0 saturated heterocycles. The Morgan fingerprint density at radius 3 is 2.50 bits per heavy atom. The van der Waals surface area contributed by atoms with E-state index < -0.39 is 0 Å². The summed E-state index contributed by atoms with van der Waals surface area (Å²) in [6.07, 6.45) is 5.59. The van der Waals surface area contributed by atoms with Crippen molar-refractivity contribution in [1.82, 2.24) is 10.1 Å². The van der Waals surface area contributed by atoms with Gasteiger partial charge in [0.1, 0.15) is 11.9 Å². The van der Waals surface area contributed by atoms with Gasteiger partial charge in [-0.15, -0.1) is 0 Å². The number of nitrogens with zero attached hydrogens (tertiary/aromatic N) is 2. The molecule has 4 nitrogen and oxygen atoms in total. The second-order valence-corrected chi connectivity index (χ2v) is 7.36. The van der Waals surface area contributed by atoms with Crippen LogP contribution in [-0.2, 0) is 0 Å². The van der Waals surface area contributed by atoms with Crippen LogP contribution in [0.25, 0.3) is 22.8 Å². The van der Waals surface area contributed by atoms with Crippen molar-refractivity contribution in [2.75, 3.05) is 0 Å². The summed E-state index contributed by atoms with van der Waals surface area (Å²) in [6, 6.07) is 15.8. The summed E-state index contributed by atoms with van der Waals surface area (Å²) in [6.45, 7) is 2.05. The Labute approximate surface area is 161 Å². The maximum absolute atomic E-state index is 6.06. The molecule has 26 heavy (non-hydrogen) atoms. The lowest BCUT2D eigenvalue weighted by atomic mass is 10.1. The molecular weight excluding hydrogens is 392 g/mol. The number of aromatic nitrogens is 2. The lowest BCUT2D eigenvalue weighted by molar-refractivity contribution is 0.227. The molecule has 0 amide bonds. The molecule has 0 saturated carbocycles. The summed E-state index contributed by atoms with van der Waals surface area (Å²) >= 11 is 3.60. The molecule has 0 radical (unpaired) electrons. The average Bonchev–Trinajstić information content (AvgIpc) is 3.15. The van der Waals surface area contributed by atoms with Gasteiger partial charge in [0.15, 0.2) is 0 Å². The van der Waals surface area contributed by atoms with E-state index in [4.69, 9.17) is 9.26 Å². The molecule has 0 aliphatic heterocycles. The van der Waals surface area contributed by atoms with Crippen LogP contribution in [0.2, 0.25) is 0 Å². The normalized spacial score (nSPS) is 17.0. The molecule has 1 unspecified atom stereocenters. The molecule has 0 spiro atoms. The van der Waals surface area contributed by atoms with Crippen molar-refractivity contribution >= 4 is 15.9 Å². The second-order valence-electron chi connectivity index (χ2n) is 6.44. The minimum absolute atomic E-state index is 0.105. The minimum Gasteiger partial charge on any atom is -0.485 e. The fraction of sp³-hybridized carbons (Fsp3) is 0.238. The Hall–Kier alpha value is -2.40. The van der Waals surface area contributed by atoms with Gasteiger partial charge >= 0.3 is 0 Å². The van der Waals surface area contributed by atoms with Gasteiger partial charge in [-0.25, -0.2) is 0 Å². The third kappa shape index (κ3) is 3.73. The maximum Gasteiger partial charge on any atom is 0.258 e. The van der Waals surface area contributed by atoms with E-state index in [9.17, 15) is 0 Å². The molecule has 1 heterocycles. The van der Waals surface area contributed by atoms with Gasteiger partial charge in [0.05, 0.1) is 0 Å². The third-order valence-corrected chi connectivity index (χ3v) is 5.27. The summed E-state index contributed by atoms with van der Waals surface area (Å²) in [5.41, 5.74) is 3.02. The number of hydrogen-bond donors (Lipinski definition) is 0. The van der Waals surface area contributed by atoms with Gasteiger partial charge in [0.2, 0.25) is 5.82 Å². The molecule has 3 aromatic rings. The highest BCUT2D eigenvalue weighted by molar-refractivity contribution is 9.11. The Balaban J connectivity index is 1.49. The van der Waals surface area contributed by atoms with Gasteiger partial charge in [-0.05, 0) is 62.6 Å². The first-order chi connectivity index (χ1) is 12.7. The van der Waals surface area contributed by atoms with Crippen molar-refractivity contribution < 1.29 is 9.26 Å². The number of halogens is 1. The van der Waals surface area contributed by atoms with E-state index in [0.29, 0.717) is 11.7 Å². The highest BCUT2D eigenvalue weighted by Gasteiger charge is 2.17. The van der Waals surface area contributed by atoms with Crippen LogP contribution in [0.15, 0.2) is 63.6 Å². The zero-order valence-corrected chi connectivity index (χ0v) is 16.1. The van der Waals surface area contributed by atoms with Gasteiger partial charge in [-0.1, -0.05) is 44.9 Å². The number of aryl methyl sites for hydroxylation is 1. The van der Waals surface area contributed by atoms with Crippen molar-refractivity contribution in [2.24, 2.45) is 0 Å². The predicted molar refractivity (Wildman–Crippen MR) is 105 cm³/mol. The lowest BCUT2D eigenvalue weighted by Gasteiger charge is -2.22. The molecule has 0 bridgehead atoms. The largest absolute Gasteiger partial charge is 0.485 e. The first kappa shape index (κ1) is 17.0. The first-order valence-electron chi connectivity index (χ1n) is 8.72. The van der Waals surface area contributed by atoms with Gasteiger partial charge in [-0.3, -0.25) is 0 Å². The number of allylic oxidation sites excluding steroid dienone is 1. The maximum atomic E-state index is 6.06. The second kappa shape index (κ2) is 7.46. The first-order valence-corrected chi connectivity index (χ1v) is 9.52. The zero-order valence-electron chi connectivity index (χ0n) is 14.5. The van der Waals surface area contributed by atoms with Crippen LogP contribution in [0.5, 0.6) is 5.75 Å². The van der Waals surface area contributed by atoms with E-state index in [1.807, 2.05) is 55.5 Å². The van der Waals surface area contributed by atoms with Crippen LogP contribution in [0, 0.1) is 6.92 Å². The molecule has 2 aromatic carbocycles. The summed E-state index contributed by atoms with van der Waals surface area (Å²) in [5, 5.41) is 4.10. The molecule has 1 atom stereocenters. The van der Waals surface area contributed by atoms with Crippen LogP contribution in [0.1, 0.15) is 24.8 Å². The molecular formula is C21H19BrN2O2. The van der Waals surface area contributed by atoms with E-state index in [2.05, 4.69) is 32.1 Å². The molecule has 0 fully saturated rings. The SMILES string of the molecule is Cc1ccc(-c2nc(-c3ccc(OC4CCCC=C4Br)cc3)no2)cc1. The molecule has 5 heteroatoms. The minimum atomic E-state index is 0.105. The van der Waals surface area contributed by atoms with Crippen molar-refractivity contribution in [3.63, 3.8) is 0 Å². The van der Waals surface area contributed by atoms with Crippen LogP contribution >= 0.6 is 15.9 Å². The quantitative estimate of drug-likeness (QED) is 0.535. The van der Waals surface area contributed by atoms with Crippen molar-refractivity contribution in [3.05, 3.63) is 64.7 Å². The Morgan fingerprint density at radius 1 is 1.04 bits per heavy atom. The molecule has 132 valence electrons. The Morgan fingerprint density at radius 2 is 1.77 bits per heavy atom. The van der Waals surface area contributed by atoms with Gasteiger partial charge in [-0.2, -0.15) is 4.98 Å². The number of rotatable bonds is 4. The Bertz CT molecular complexity index is 914. The Kier molecular flexibility index (Phi) is 4.89. The lowest BCUT2D eigenvalue weighted by Crippen LogP contribution is -2.19. The topological polar surface area (TPSA) is 48.2 Å². The van der Waals surface area contributed by atoms with Gasteiger partial charge in [0.25, 0.3) is 5.89 Å². The van der Waals surface area contributed by atoms with E-state index in [0.717, 1.165) is 40.6 Å². The van der Waals surface area contributed by atoms with Crippen molar-refractivity contribution in [2.45, 2.75) is 32.3 Å². The van der Waals surface area contributed by atoms with Crippen molar-refractivity contribution in [1.29, 1.82) is 0 Å². The van der Waals surface area contributed by atoms with E-state index in [1.54, 1.807) is 0 Å². The molecule has 1 aliphatic carbocycles. The van der Waals surface area contributed by atoms with Crippen LogP contribution < -0.4 is 4.74 Å². The highest BCUT2D eigenvalue weighted by Crippen LogP contribution is 2.29. The fourth-order valence-electron chi connectivity index (χ4n) is 2.93. The zero-order chi connectivity index (χ0) is 17.9. The van der Waals surface area contributed by atoms with Gasteiger partial charge in [0, 0.05) is 15.6 Å². The highest BCUT2D eigenvalue weighted by atomic mass is 79.9. The summed E-state index contributed by atoms with van der Waals surface area (Å²) in [4.78, 5) is 4.50. The summed E-state index contributed by atoms with van der Waals surface area (Å²) in [7, 11) is 0. The predicted octanol–water partition coefficient (Wildman–Crippen LogP) is 5.92. The van der Waals surface area contributed by atoms with E-state index >= 15 is 0 Å². The van der Waals surface area contributed by atoms with E-state index in [-0.39, 0.29) is 6.10 Å². The monoisotopic (exact) mass is 410 g/mol. The van der Waals surface area contributed by atoms with Crippen LogP contribution in [0.4, 0.5) is 0 Å². The number of hydrogen-bond acceptors (Lipinski definition) is 4. The number of ether oxygens (including phenoxy) is 1. The smallest absolute Gasteiger partial charge is 0.258 e. The van der Waals surface area contributed by atoms with E-state index in [1.165, 1.54) is 5.56 Å².